The number of carbonyl (C=O) groups is 1. The third-order valence-electron chi connectivity index (χ3n) is 1.62. The standard InChI is InChI=1S/C6H11N3OS/c1-11-6(2-3-6)4-8-9-5(7)10/h4H,2-3H2,1H3,(H3,7,9,10)/b8-4+. The zero-order valence-corrected chi connectivity index (χ0v) is 7.15. The molecule has 0 unspecified atom stereocenters. The smallest absolute Gasteiger partial charge is 0.332 e. The second-order valence-corrected chi connectivity index (χ2v) is 3.72. The number of nitrogens with two attached hydrogens (primary N) is 1. The van der Waals surface area contributed by atoms with E-state index in [0.29, 0.717) is 0 Å². The van der Waals surface area contributed by atoms with Gasteiger partial charge in [0.05, 0.1) is 4.75 Å². The van der Waals surface area contributed by atoms with Crippen LogP contribution in [0.15, 0.2) is 5.10 Å². The first kappa shape index (κ1) is 8.39. The molecule has 1 fully saturated rings. The van der Waals surface area contributed by atoms with Crippen LogP contribution in [0.1, 0.15) is 12.8 Å². The number of hydrogen-bond acceptors (Lipinski definition) is 3. The Labute approximate surface area is 69.6 Å². The average Bonchev–Trinajstić information content (AvgIpc) is 2.69. The Hall–Kier alpha value is -0.710. The van der Waals surface area contributed by atoms with Crippen molar-refractivity contribution in [1.29, 1.82) is 0 Å². The number of urea groups is 1. The molecule has 1 aliphatic rings. The molecule has 0 aromatic carbocycles. The Kier molecular flexibility index (Phi) is 2.38. The topological polar surface area (TPSA) is 67.5 Å². The molecule has 2 amide bonds. The molecule has 0 heterocycles. The molecule has 0 aliphatic heterocycles. The van der Waals surface area contributed by atoms with Crippen molar-refractivity contribution in [1.82, 2.24) is 5.43 Å². The number of nitrogens with one attached hydrogen (secondary N) is 1. The predicted octanol–water partition coefficient (Wildman–Crippen LogP) is 0.536. The molecule has 5 heteroatoms. The summed E-state index contributed by atoms with van der Waals surface area (Å²) in [5.41, 5.74) is 6.98. The lowest BCUT2D eigenvalue weighted by atomic mass is 10.5. The number of carbonyl (C=O) groups excluding carboxylic acids is 1. The molecule has 1 saturated carbocycles. The van der Waals surface area contributed by atoms with Gasteiger partial charge in [-0.05, 0) is 19.1 Å². The van der Waals surface area contributed by atoms with E-state index in [4.69, 9.17) is 5.73 Å². The second-order valence-electron chi connectivity index (χ2n) is 2.50. The van der Waals surface area contributed by atoms with Gasteiger partial charge in [0, 0.05) is 6.21 Å². The van der Waals surface area contributed by atoms with Gasteiger partial charge >= 0.3 is 6.03 Å². The minimum absolute atomic E-state index is 0.183. The molecule has 0 spiro atoms. The number of hydrazone groups is 1. The molecule has 4 nitrogen and oxygen atoms in total. The fraction of sp³-hybridized carbons (Fsp3) is 0.667. The predicted molar refractivity (Wildman–Crippen MR) is 46.7 cm³/mol. The van der Waals surface area contributed by atoms with Crippen LogP contribution < -0.4 is 11.2 Å². The summed E-state index contributed by atoms with van der Waals surface area (Å²) in [5.74, 6) is 0. The van der Waals surface area contributed by atoms with Crippen molar-refractivity contribution in [3.8, 4) is 0 Å². The van der Waals surface area contributed by atoms with E-state index >= 15 is 0 Å². The van der Waals surface area contributed by atoms with Crippen molar-refractivity contribution < 1.29 is 4.79 Å². The summed E-state index contributed by atoms with van der Waals surface area (Å²) in [4.78, 5) is 10.2. The van der Waals surface area contributed by atoms with Crippen molar-refractivity contribution >= 4 is 24.0 Å². The van der Waals surface area contributed by atoms with Crippen LogP contribution in [-0.4, -0.2) is 23.2 Å². The first-order valence-corrected chi connectivity index (χ1v) is 4.56. The maximum atomic E-state index is 10.2. The van der Waals surface area contributed by atoms with E-state index in [0.717, 1.165) is 12.8 Å². The summed E-state index contributed by atoms with van der Waals surface area (Å²) in [6, 6.07) is -0.613. The molecule has 0 atom stereocenters. The highest BCUT2D eigenvalue weighted by atomic mass is 32.2. The van der Waals surface area contributed by atoms with Gasteiger partial charge in [0.15, 0.2) is 0 Å². The highest BCUT2D eigenvalue weighted by Gasteiger charge is 2.40. The molecule has 0 saturated heterocycles. The Morgan fingerprint density at radius 3 is 2.82 bits per heavy atom. The zero-order chi connectivity index (χ0) is 8.32. The molecule has 1 aliphatic carbocycles. The Morgan fingerprint density at radius 1 is 1.82 bits per heavy atom. The highest BCUT2D eigenvalue weighted by molar-refractivity contribution is 8.00. The van der Waals surface area contributed by atoms with Crippen LogP contribution in [-0.2, 0) is 0 Å². The maximum Gasteiger partial charge on any atom is 0.332 e. The summed E-state index contributed by atoms with van der Waals surface area (Å²) in [6.45, 7) is 0. The molecule has 0 radical (unpaired) electrons. The van der Waals surface area contributed by atoms with Gasteiger partial charge in [-0.2, -0.15) is 16.9 Å². The van der Waals surface area contributed by atoms with Crippen molar-refractivity contribution in [2.75, 3.05) is 6.26 Å². The average molecular weight is 173 g/mol. The van der Waals surface area contributed by atoms with Gasteiger partial charge in [-0.1, -0.05) is 0 Å². The van der Waals surface area contributed by atoms with Gasteiger partial charge in [-0.15, -0.1) is 0 Å². The molecule has 11 heavy (non-hydrogen) atoms. The highest BCUT2D eigenvalue weighted by Crippen LogP contribution is 2.45. The van der Waals surface area contributed by atoms with Crippen molar-refractivity contribution in [2.45, 2.75) is 17.6 Å². The van der Waals surface area contributed by atoms with Gasteiger partial charge in [0.2, 0.25) is 0 Å². The van der Waals surface area contributed by atoms with E-state index in [-0.39, 0.29) is 4.75 Å². The van der Waals surface area contributed by atoms with Crippen LogP contribution in [0.4, 0.5) is 4.79 Å². The number of thioether (sulfide) groups is 1. The number of rotatable bonds is 3. The zero-order valence-electron chi connectivity index (χ0n) is 6.33. The Bertz CT molecular complexity index is 188. The van der Waals surface area contributed by atoms with Gasteiger partial charge in [0.1, 0.15) is 0 Å². The molecule has 1 rings (SSSR count). The quantitative estimate of drug-likeness (QED) is 0.483. The van der Waals surface area contributed by atoms with E-state index in [1.807, 2.05) is 6.26 Å². The third kappa shape index (κ3) is 2.42. The molecule has 0 bridgehead atoms. The van der Waals surface area contributed by atoms with E-state index in [2.05, 4.69) is 10.5 Å². The number of amides is 2. The van der Waals surface area contributed by atoms with Gasteiger partial charge in [0.25, 0.3) is 0 Å². The first-order chi connectivity index (χ1) is 5.18. The fourth-order valence-electron chi connectivity index (χ4n) is 0.723. The lowest BCUT2D eigenvalue weighted by Crippen LogP contribution is -2.25. The van der Waals surface area contributed by atoms with Crippen molar-refractivity contribution in [2.24, 2.45) is 10.8 Å². The van der Waals surface area contributed by atoms with Crippen LogP contribution in [0.3, 0.4) is 0 Å². The van der Waals surface area contributed by atoms with E-state index in [1.165, 1.54) is 0 Å². The third-order valence-corrected chi connectivity index (χ3v) is 2.95. The van der Waals surface area contributed by atoms with Crippen LogP contribution in [0.2, 0.25) is 0 Å². The van der Waals surface area contributed by atoms with Gasteiger partial charge in [-0.3, -0.25) is 0 Å². The van der Waals surface area contributed by atoms with Crippen LogP contribution in [0.25, 0.3) is 0 Å². The fourth-order valence-corrected chi connectivity index (χ4v) is 1.39. The molecule has 0 aromatic rings. The monoisotopic (exact) mass is 173 g/mol. The summed E-state index contributed by atoms with van der Waals surface area (Å²) in [6.07, 6.45) is 6.06. The molecular weight excluding hydrogens is 162 g/mol. The molecule has 62 valence electrons. The SMILES string of the molecule is CSC1(/C=N/NC(N)=O)CC1. The molecule has 3 N–H and O–H groups in total. The summed E-state index contributed by atoms with van der Waals surface area (Å²) in [5, 5.41) is 3.71. The summed E-state index contributed by atoms with van der Waals surface area (Å²) >= 11 is 1.75. The van der Waals surface area contributed by atoms with Crippen molar-refractivity contribution in [3.63, 3.8) is 0 Å². The minimum atomic E-state index is -0.613. The van der Waals surface area contributed by atoms with E-state index in [9.17, 15) is 4.79 Å². The van der Waals surface area contributed by atoms with Crippen LogP contribution in [0.5, 0.6) is 0 Å². The van der Waals surface area contributed by atoms with Crippen molar-refractivity contribution in [3.05, 3.63) is 0 Å². The number of nitrogens with zero attached hydrogens (tertiary/aromatic N) is 1. The van der Waals surface area contributed by atoms with Crippen LogP contribution in [0, 0.1) is 0 Å². The van der Waals surface area contributed by atoms with Gasteiger partial charge < -0.3 is 5.73 Å². The normalized spacial score (nSPS) is 20.1. The molecular formula is C6H11N3OS. The lowest BCUT2D eigenvalue weighted by molar-refractivity contribution is 0.249. The summed E-state index contributed by atoms with van der Waals surface area (Å²) < 4.78 is 0.183. The minimum Gasteiger partial charge on any atom is -0.350 e. The second kappa shape index (κ2) is 3.13. The number of hydrogen-bond donors (Lipinski definition) is 2. The lowest BCUT2D eigenvalue weighted by Gasteiger charge is -2.01. The Morgan fingerprint density at radius 2 is 2.45 bits per heavy atom. The van der Waals surface area contributed by atoms with E-state index < -0.39 is 6.03 Å². The maximum absolute atomic E-state index is 10.2. The number of primary amides is 1. The summed E-state index contributed by atoms with van der Waals surface area (Å²) in [7, 11) is 0. The van der Waals surface area contributed by atoms with Crippen LogP contribution >= 0.6 is 11.8 Å². The van der Waals surface area contributed by atoms with Gasteiger partial charge in [-0.25, -0.2) is 10.2 Å². The van der Waals surface area contributed by atoms with E-state index in [1.54, 1.807) is 18.0 Å². The molecule has 0 aromatic heterocycles. The largest absolute Gasteiger partial charge is 0.350 e. The first-order valence-electron chi connectivity index (χ1n) is 3.33. The Balaban J connectivity index is 2.29.